The molecule has 1 rings (SSSR count). The van der Waals surface area contributed by atoms with Gasteiger partial charge in [0, 0.05) is 11.9 Å². The smallest absolute Gasteiger partial charge is 0.0675 e. The highest BCUT2D eigenvalue weighted by Crippen LogP contribution is 2.12. The van der Waals surface area contributed by atoms with Crippen LogP contribution in [0.5, 0.6) is 0 Å². The van der Waals surface area contributed by atoms with Gasteiger partial charge in [0.05, 0.1) is 5.54 Å². The first-order chi connectivity index (χ1) is 4.99. The summed E-state index contributed by atoms with van der Waals surface area (Å²) in [6.07, 6.45) is 5.80. The molecule has 1 aliphatic rings. The zero-order valence-electron chi connectivity index (χ0n) is 7.26. The molecule has 0 aromatic heterocycles. The molecule has 2 nitrogen and oxygen atoms in total. The second-order valence-electron chi connectivity index (χ2n) is 3.30. The van der Waals surface area contributed by atoms with Crippen molar-refractivity contribution in [3.63, 3.8) is 0 Å². The van der Waals surface area contributed by atoms with Gasteiger partial charge in [-0.1, -0.05) is 11.6 Å². The molecule has 0 aromatic rings. The lowest BCUT2D eigenvalue weighted by atomic mass is 10.0. The molecule has 11 heavy (non-hydrogen) atoms. The number of nitrogens with two attached hydrogens (primary N) is 1. The third kappa shape index (κ3) is 2.31. The van der Waals surface area contributed by atoms with Gasteiger partial charge in [-0.3, -0.25) is 4.99 Å². The average Bonchev–Trinajstić information content (AvgIpc) is 1.90. The summed E-state index contributed by atoms with van der Waals surface area (Å²) in [4.78, 5) is 4.19. The Hall–Kier alpha value is -0.890. The molecule has 2 heteroatoms. The molecule has 0 saturated carbocycles. The van der Waals surface area contributed by atoms with Gasteiger partial charge >= 0.3 is 0 Å². The standard InChI is InChI=1S/C9H14N2/c1-7-4-8(2)11-6-9(3,10)5-7/h4-6H,10H2,1-3H3. The number of hydrogen-bond acceptors (Lipinski definition) is 2. The summed E-state index contributed by atoms with van der Waals surface area (Å²) >= 11 is 0. The Balaban J connectivity index is 3.02. The van der Waals surface area contributed by atoms with Gasteiger partial charge in [0.15, 0.2) is 0 Å². The van der Waals surface area contributed by atoms with Gasteiger partial charge in [-0.15, -0.1) is 0 Å². The van der Waals surface area contributed by atoms with Crippen molar-refractivity contribution in [1.29, 1.82) is 0 Å². The first kappa shape index (κ1) is 8.21. The van der Waals surface area contributed by atoms with Crippen molar-refractivity contribution < 1.29 is 0 Å². The van der Waals surface area contributed by atoms with E-state index in [2.05, 4.69) is 4.99 Å². The lowest BCUT2D eigenvalue weighted by Gasteiger charge is -2.12. The summed E-state index contributed by atoms with van der Waals surface area (Å²) in [5.74, 6) is 0. The van der Waals surface area contributed by atoms with Crippen molar-refractivity contribution in [2.75, 3.05) is 0 Å². The maximum absolute atomic E-state index is 5.87. The van der Waals surface area contributed by atoms with Crippen LogP contribution in [-0.2, 0) is 0 Å². The summed E-state index contributed by atoms with van der Waals surface area (Å²) in [6, 6.07) is 0. The molecule has 60 valence electrons. The van der Waals surface area contributed by atoms with Gasteiger partial charge in [0.2, 0.25) is 0 Å². The van der Waals surface area contributed by atoms with E-state index >= 15 is 0 Å². The van der Waals surface area contributed by atoms with Gasteiger partial charge in [0.1, 0.15) is 0 Å². The molecule has 1 heterocycles. The van der Waals surface area contributed by atoms with Crippen molar-refractivity contribution in [3.8, 4) is 0 Å². The predicted octanol–water partition coefficient (Wildman–Crippen LogP) is 1.64. The number of rotatable bonds is 0. The molecule has 0 radical (unpaired) electrons. The first-order valence-corrected chi connectivity index (χ1v) is 3.71. The van der Waals surface area contributed by atoms with E-state index in [0.29, 0.717) is 0 Å². The highest BCUT2D eigenvalue weighted by atomic mass is 14.8. The lowest BCUT2D eigenvalue weighted by molar-refractivity contribution is 0.795. The highest BCUT2D eigenvalue weighted by molar-refractivity contribution is 5.74. The van der Waals surface area contributed by atoms with Crippen LogP contribution in [0.25, 0.3) is 0 Å². The zero-order chi connectivity index (χ0) is 8.48. The van der Waals surface area contributed by atoms with Gasteiger partial charge in [-0.25, -0.2) is 0 Å². The van der Waals surface area contributed by atoms with Gasteiger partial charge < -0.3 is 5.73 Å². The second-order valence-corrected chi connectivity index (χ2v) is 3.30. The van der Waals surface area contributed by atoms with E-state index in [-0.39, 0.29) is 0 Å². The molecule has 1 unspecified atom stereocenters. The fraction of sp³-hybridized carbons (Fsp3) is 0.444. The Morgan fingerprint density at radius 1 is 1.45 bits per heavy atom. The maximum Gasteiger partial charge on any atom is 0.0675 e. The van der Waals surface area contributed by atoms with Gasteiger partial charge in [0.25, 0.3) is 0 Å². The van der Waals surface area contributed by atoms with E-state index < -0.39 is 5.54 Å². The van der Waals surface area contributed by atoms with Crippen LogP contribution < -0.4 is 5.73 Å². The van der Waals surface area contributed by atoms with Crippen molar-refractivity contribution >= 4 is 6.21 Å². The van der Waals surface area contributed by atoms with E-state index in [0.717, 1.165) is 5.70 Å². The molecular weight excluding hydrogens is 136 g/mol. The summed E-state index contributed by atoms with van der Waals surface area (Å²) in [6.45, 7) is 5.94. The fourth-order valence-electron chi connectivity index (χ4n) is 1.18. The van der Waals surface area contributed by atoms with Crippen LogP contribution in [0.3, 0.4) is 0 Å². The summed E-state index contributed by atoms with van der Waals surface area (Å²) in [5.41, 5.74) is 7.66. The zero-order valence-corrected chi connectivity index (χ0v) is 7.26. The highest BCUT2D eigenvalue weighted by Gasteiger charge is 2.13. The van der Waals surface area contributed by atoms with Crippen LogP contribution in [-0.4, -0.2) is 11.8 Å². The number of aliphatic imine (C=N–C) groups is 1. The largest absolute Gasteiger partial charge is 0.318 e. The van der Waals surface area contributed by atoms with E-state index in [1.54, 1.807) is 6.21 Å². The number of allylic oxidation sites excluding steroid dienone is 3. The fourth-order valence-corrected chi connectivity index (χ4v) is 1.18. The number of nitrogens with zero attached hydrogens (tertiary/aromatic N) is 1. The molecule has 1 atom stereocenters. The molecule has 0 bridgehead atoms. The molecule has 0 fully saturated rings. The molecule has 0 aliphatic carbocycles. The summed E-state index contributed by atoms with van der Waals surface area (Å²) in [7, 11) is 0. The summed E-state index contributed by atoms with van der Waals surface area (Å²) in [5, 5.41) is 0. The van der Waals surface area contributed by atoms with Crippen molar-refractivity contribution in [2.45, 2.75) is 26.3 Å². The van der Waals surface area contributed by atoms with Crippen LogP contribution in [0, 0.1) is 0 Å². The van der Waals surface area contributed by atoms with Crippen LogP contribution in [0.1, 0.15) is 20.8 Å². The Labute approximate surface area is 67.5 Å². The van der Waals surface area contributed by atoms with Crippen LogP contribution in [0.15, 0.2) is 28.4 Å². The normalized spacial score (nSPS) is 30.9. The van der Waals surface area contributed by atoms with E-state index in [1.165, 1.54) is 5.57 Å². The third-order valence-electron chi connectivity index (χ3n) is 1.52. The van der Waals surface area contributed by atoms with Crippen molar-refractivity contribution in [2.24, 2.45) is 10.7 Å². The summed E-state index contributed by atoms with van der Waals surface area (Å²) < 4.78 is 0. The first-order valence-electron chi connectivity index (χ1n) is 3.71. The Morgan fingerprint density at radius 3 is 2.73 bits per heavy atom. The van der Waals surface area contributed by atoms with E-state index in [4.69, 9.17) is 5.73 Å². The molecule has 2 N–H and O–H groups in total. The van der Waals surface area contributed by atoms with Gasteiger partial charge in [-0.05, 0) is 26.8 Å². The van der Waals surface area contributed by atoms with Crippen LogP contribution >= 0.6 is 0 Å². The molecule has 0 aromatic carbocycles. The predicted molar refractivity (Wildman–Crippen MR) is 48.6 cm³/mol. The third-order valence-corrected chi connectivity index (χ3v) is 1.52. The van der Waals surface area contributed by atoms with Crippen LogP contribution in [0.2, 0.25) is 0 Å². The minimum atomic E-state index is -0.391. The average molecular weight is 150 g/mol. The molecule has 0 amide bonds. The minimum absolute atomic E-state index is 0.391. The quantitative estimate of drug-likeness (QED) is 0.560. The molecule has 0 saturated heterocycles. The minimum Gasteiger partial charge on any atom is -0.318 e. The Kier molecular flexibility index (Phi) is 1.96. The molecular formula is C9H14N2. The Bertz CT molecular complexity index is 244. The molecule has 1 aliphatic heterocycles. The Morgan fingerprint density at radius 2 is 2.09 bits per heavy atom. The second kappa shape index (κ2) is 2.62. The van der Waals surface area contributed by atoms with Crippen LogP contribution in [0.4, 0.5) is 0 Å². The van der Waals surface area contributed by atoms with E-state index in [1.807, 2.05) is 32.9 Å². The van der Waals surface area contributed by atoms with Crippen molar-refractivity contribution in [3.05, 3.63) is 23.4 Å². The van der Waals surface area contributed by atoms with Crippen molar-refractivity contribution in [1.82, 2.24) is 0 Å². The monoisotopic (exact) mass is 150 g/mol. The molecule has 0 spiro atoms. The lowest BCUT2D eigenvalue weighted by Crippen LogP contribution is -2.35. The number of hydrogen-bond donors (Lipinski definition) is 1. The maximum atomic E-state index is 5.87. The van der Waals surface area contributed by atoms with E-state index in [9.17, 15) is 0 Å². The topological polar surface area (TPSA) is 38.4 Å². The SMILES string of the molecule is CC1=CC(C)(N)C=NC(C)=C1. The van der Waals surface area contributed by atoms with Gasteiger partial charge in [-0.2, -0.15) is 0 Å².